The number of rotatable bonds is 10. The van der Waals surface area contributed by atoms with Crippen molar-refractivity contribution < 1.29 is 9.53 Å². The van der Waals surface area contributed by atoms with Crippen molar-refractivity contribution in [2.45, 2.75) is 30.5 Å². The highest BCUT2D eigenvalue weighted by molar-refractivity contribution is 8.01. The molecule has 0 saturated carbocycles. The van der Waals surface area contributed by atoms with E-state index in [0.717, 1.165) is 29.4 Å². The zero-order chi connectivity index (χ0) is 18.9. The fourth-order valence-corrected chi connectivity index (χ4v) is 4.08. The van der Waals surface area contributed by atoms with Gasteiger partial charge in [0.2, 0.25) is 5.13 Å². The summed E-state index contributed by atoms with van der Waals surface area (Å²) in [5, 5.41) is 11.7. The third-order valence-electron chi connectivity index (χ3n) is 3.21. The number of carbonyl (C=O) groups is 1. The van der Waals surface area contributed by atoms with Crippen LogP contribution in [-0.2, 0) is 0 Å². The average molecular weight is 432 g/mol. The van der Waals surface area contributed by atoms with Crippen LogP contribution >= 0.6 is 46.3 Å². The molecule has 0 unspecified atom stereocenters. The van der Waals surface area contributed by atoms with E-state index in [1.165, 1.54) is 35.2 Å². The summed E-state index contributed by atoms with van der Waals surface area (Å²) < 4.78 is 6.39. The molecule has 0 fully saturated rings. The van der Waals surface area contributed by atoms with Crippen LogP contribution in [-0.4, -0.2) is 28.5 Å². The van der Waals surface area contributed by atoms with Gasteiger partial charge in [-0.15, -0.1) is 16.8 Å². The highest BCUT2D eigenvalue weighted by Gasteiger charge is 2.16. The highest BCUT2D eigenvalue weighted by Crippen LogP contribution is 2.35. The first-order valence-corrected chi connectivity index (χ1v) is 10.6. The lowest BCUT2D eigenvalue weighted by atomic mass is 10.2. The maximum absolute atomic E-state index is 12.4. The smallest absolute Gasteiger partial charge is 0.257 e. The lowest BCUT2D eigenvalue weighted by Gasteiger charge is -2.11. The van der Waals surface area contributed by atoms with E-state index in [1.54, 1.807) is 6.08 Å². The molecule has 0 aliphatic rings. The predicted molar refractivity (Wildman–Crippen MR) is 110 cm³/mol. The molecule has 0 atom stereocenters. The van der Waals surface area contributed by atoms with Crippen LogP contribution < -0.4 is 10.1 Å². The fraction of sp³-hybridized carbons (Fsp3) is 0.353. The molecule has 5 nitrogen and oxygen atoms in total. The van der Waals surface area contributed by atoms with Crippen molar-refractivity contribution in [1.29, 1.82) is 0 Å². The van der Waals surface area contributed by atoms with Gasteiger partial charge in [0, 0.05) is 11.3 Å². The second-order valence-corrected chi connectivity index (χ2v) is 8.31. The van der Waals surface area contributed by atoms with E-state index < -0.39 is 0 Å². The summed E-state index contributed by atoms with van der Waals surface area (Å²) in [6.07, 6.45) is 4.88. The van der Waals surface area contributed by atoms with Crippen molar-refractivity contribution in [3.8, 4) is 5.75 Å². The van der Waals surface area contributed by atoms with E-state index in [9.17, 15) is 4.79 Å². The van der Waals surface area contributed by atoms with E-state index in [2.05, 4.69) is 29.0 Å². The van der Waals surface area contributed by atoms with Gasteiger partial charge in [-0.1, -0.05) is 72.1 Å². The van der Waals surface area contributed by atoms with Gasteiger partial charge in [0.05, 0.1) is 16.7 Å². The second kappa shape index (κ2) is 10.8. The standard InChI is InChI=1S/C17H19Cl2N3O2S2/c1-3-5-6-7-24-14-12(18)9-11(10-13(14)19)15(23)20-16-21-22-17(26-16)25-8-4-2/h4,9-10H,2-3,5-8H2,1H3,(H,20,21,23). The predicted octanol–water partition coefficient (Wildman–Crippen LogP) is 5.94. The van der Waals surface area contributed by atoms with Crippen LogP contribution in [0.5, 0.6) is 5.75 Å². The first-order valence-electron chi connectivity index (χ1n) is 8.05. The third-order valence-corrected chi connectivity index (χ3v) is 5.74. The summed E-state index contributed by atoms with van der Waals surface area (Å²) in [7, 11) is 0. The van der Waals surface area contributed by atoms with Crippen LogP contribution in [0.2, 0.25) is 10.0 Å². The Labute approximate surface area is 171 Å². The molecular formula is C17H19Cl2N3O2S2. The molecule has 26 heavy (non-hydrogen) atoms. The number of halogens is 2. The van der Waals surface area contributed by atoms with Gasteiger partial charge in [-0.3, -0.25) is 10.1 Å². The number of aromatic nitrogens is 2. The first-order chi connectivity index (χ1) is 12.5. The van der Waals surface area contributed by atoms with Crippen molar-refractivity contribution >= 4 is 57.3 Å². The number of carbonyl (C=O) groups excluding carboxylic acids is 1. The van der Waals surface area contributed by atoms with Crippen LogP contribution in [0.15, 0.2) is 29.1 Å². The average Bonchev–Trinajstić information content (AvgIpc) is 3.05. The Morgan fingerprint density at radius 2 is 2.08 bits per heavy atom. The molecule has 1 amide bonds. The summed E-state index contributed by atoms with van der Waals surface area (Å²) in [4.78, 5) is 12.4. The topological polar surface area (TPSA) is 64.1 Å². The lowest BCUT2D eigenvalue weighted by Crippen LogP contribution is -2.12. The van der Waals surface area contributed by atoms with Gasteiger partial charge in [0.25, 0.3) is 5.91 Å². The zero-order valence-corrected chi connectivity index (χ0v) is 17.4. The number of nitrogens with zero attached hydrogens (tertiary/aromatic N) is 2. The van der Waals surface area contributed by atoms with Crippen molar-refractivity contribution in [2.24, 2.45) is 0 Å². The van der Waals surface area contributed by atoms with Gasteiger partial charge in [-0.05, 0) is 18.6 Å². The highest BCUT2D eigenvalue weighted by atomic mass is 35.5. The Kier molecular flexibility index (Phi) is 8.71. The molecular weight excluding hydrogens is 413 g/mol. The minimum atomic E-state index is -0.359. The Hall–Kier alpha value is -1.28. The molecule has 140 valence electrons. The number of amides is 1. The third kappa shape index (κ3) is 6.16. The minimum Gasteiger partial charge on any atom is -0.490 e. The number of nitrogens with one attached hydrogen (secondary N) is 1. The Morgan fingerprint density at radius 3 is 2.73 bits per heavy atom. The lowest BCUT2D eigenvalue weighted by molar-refractivity contribution is 0.102. The molecule has 1 aromatic carbocycles. The summed E-state index contributed by atoms with van der Waals surface area (Å²) in [5.41, 5.74) is 0.330. The molecule has 1 N–H and O–H groups in total. The molecule has 9 heteroatoms. The monoisotopic (exact) mass is 431 g/mol. The Morgan fingerprint density at radius 1 is 1.35 bits per heavy atom. The van der Waals surface area contributed by atoms with Gasteiger partial charge in [0.15, 0.2) is 10.1 Å². The minimum absolute atomic E-state index is 0.304. The van der Waals surface area contributed by atoms with E-state index in [1.807, 2.05) is 0 Å². The number of benzene rings is 1. The van der Waals surface area contributed by atoms with Gasteiger partial charge >= 0.3 is 0 Å². The normalized spacial score (nSPS) is 10.6. The summed E-state index contributed by atoms with van der Waals surface area (Å²) in [6, 6.07) is 3.07. The summed E-state index contributed by atoms with van der Waals surface area (Å²) in [6.45, 7) is 6.31. The molecule has 0 radical (unpaired) electrons. The van der Waals surface area contributed by atoms with Crippen LogP contribution in [0.4, 0.5) is 5.13 Å². The van der Waals surface area contributed by atoms with Gasteiger partial charge in [-0.2, -0.15) is 0 Å². The molecule has 2 aromatic rings. The number of anilines is 1. The van der Waals surface area contributed by atoms with E-state index >= 15 is 0 Å². The van der Waals surface area contributed by atoms with Gasteiger partial charge < -0.3 is 4.74 Å². The van der Waals surface area contributed by atoms with Crippen molar-refractivity contribution in [3.63, 3.8) is 0 Å². The number of hydrogen-bond acceptors (Lipinski definition) is 6. The van der Waals surface area contributed by atoms with E-state index in [0.29, 0.717) is 33.1 Å². The number of thioether (sulfide) groups is 1. The summed E-state index contributed by atoms with van der Waals surface area (Å²) >= 11 is 15.2. The first kappa shape index (κ1) is 21.0. The molecule has 0 aliphatic carbocycles. The largest absolute Gasteiger partial charge is 0.490 e. The van der Waals surface area contributed by atoms with Gasteiger partial charge in [0.1, 0.15) is 0 Å². The van der Waals surface area contributed by atoms with Gasteiger partial charge in [-0.25, -0.2) is 0 Å². The Bertz CT molecular complexity index is 745. The molecule has 0 saturated heterocycles. The van der Waals surface area contributed by atoms with Crippen LogP contribution in [0.3, 0.4) is 0 Å². The van der Waals surface area contributed by atoms with Crippen molar-refractivity contribution in [1.82, 2.24) is 10.2 Å². The number of unbranched alkanes of at least 4 members (excludes halogenated alkanes) is 2. The van der Waals surface area contributed by atoms with Crippen LogP contribution in [0.1, 0.15) is 36.5 Å². The quantitative estimate of drug-likeness (QED) is 0.218. The van der Waals surface area contributed by atoms with Crippen molar-refractivity contribution in [2.75, 3.05) is 17.7 Å². The van der Waals surface area contributed by atoms with Crippen molar-refractivity contribution in [3.05, 3.63) is 40.4 Å². The number of ether oxygens (including phenoxy) is 1. The molecule has 2 rings (SSSR count). The second-order valence-electron chi connectivity index (χ2n) is 5.25. The van der Waals surface area contributed by atoms with E-state index in [-0.39, 0.29) is 5.91 Å². The van der Waals surface area contributed by atoms with E-state index in [4.69, 9.17) is 27.9 Å². The molecule has 0 spiro atoms. The van der Waals surface area contributed by atoms with Crippen LogP contribution in [0, 0.1) is 0 Å². The fourth-order valence-electron chi connectivity index (χ4n) is 1.97. The zero-order valence-electron chi connectivity index (χ0n) is 14.3. The maximum atomic E-state index is 12.4. The number of hydrogen-bond donors (Lipinski definition) is 1. The SMILES string of the molecule is C=CCSc1nnc(NC(=O)c2cc(Cl)c(OCCCCC)c(Cl)c2)s1. The molecule has 1 aromatic heterocycles. The maximum Gasteiger partial charge on any atom is 0.257 e. The van der Waals surface area contributed by atoms with Crippen LogP contribution in [0.25, 0.3) is 0 Å². The molecule has 1 heterocycles. The summed E-state index contributed by atoms with van der Waals surface area (Å²) in [5.74, 6) is 0.774. The molecule has 0 bridgehead atoms. The Balaban J connectivity index is 2.02. The molecule has 0 aliphatic heterocycles.